The molecule has 0 saturated heterocycles. The van der Waals surface area contributed by atoms with Gasteiger partial charge in [-0.05, 0) is 67.4 Å². The quantitative estimate of drug-likeness (QED) is 0.563. The van der Waals surface area contributed by atoms with Gasteiger partial charge in [-0.2, -0.15) is 0 Å². The standard InChI is InChI=1S/C18H24O2/c1-4-12-20-17-11-10-16(18(19)13(3)5-2)14-8-6-7-9-15(14)17/h10-11H,3-9,12H2,1-2H3. The Bertz CT molecular complexity index is 514. The van der Waals surface area contributed by atoms with Gasteiger partial charge in [0.1, 0.15) is 5.75 Å². The second-order valence-electron chi connectivity index (χ2n) is 5.41. The number of carbonyl (C=O) groups excluding carboxylic acids is 1. The Morgan fingerprint density at radius 1 is 1.20 bits per heavy atom. The van der Waals surface area contributed by atoms with Crippen LogP contribution in [0.3, 0.4) is 0 Å². The normalized spacial score (nSPS) is 13.7. The van der Waals surface area contributed by atoms with Crippen molar-refractivity contribution < 1.29 is 9.53 Å². The van der Waals surface area contributed by atoms with E-state index in [0.717, 1.165) is 43.6 Å². The molecule has 0 aliphatic heterocycles. The van der Waals surface area contributed by atoms with Gasteiger partial charge in [-0.25, -0.2) is 0 Å². The molecule has 0 atom stereocenters. The Morgan fingerprint density at radius 2 is 1.90 bits per heavy atom. The first-order valence-corrected chi connectivity index (χ1v) is 7.69. The molecule has 0 aromatic heterocycles. The van der Waals surface area contributed by atoms with Gasteiger partial charge in [-0.3, -0.25) is 4.79 Å². The number of allylic oxidation sites excluding steroid dienone is 1. The topological polar surface area (TPSA) is 26.3 Å². The summed E-state index contributed by atoms with van der Waals surface area (Å²) in [6.07, 6.45) is 6.06. The Balaban J connectivity index is 2.40. The van der Waals surface area contributed by atoms with Crippen LogP contribution in [-0.2, 0) is 12.8 Å². The highest BCUT2D eigenvalue weighted by atomic mass is 16.5. The van der Waals surface area contributed by atoms with Gasteiger partial charge >= 0.3 is 0 Å². The first-order chi connectivity index (χ1) is 9.69. The largest absolute Gasteiger partial charge is 0.493 e. The molecule has 0 heterocycles. The molecule has 1 aliphatic rings. The van der Waals surface area contributed by atoms with E-state index in [9.17, 15) is 4.79 Å². The van der Waals surface area contributed by atoms with Crippen molar-refractivity contribution in [1.82, 2.24) is 0 Å². The number of carbonyl (C=O) groups is 1. The van der Waals surface area contributed by atoms with Crippen LogP contribution in [0.1, 0.15) is 61.0 Å². The van der Waals surface area contributed by atoms with Gasteiger partial charge < -0.3 is 4.74 Å². The summed E-state index contributed by atoms with van der Waals surface area (Å²) >= 11 is 0. The van der Waals surface area contributed by atoms with E-state index in [1.54, 1.807) is 0 Å². The van der Waals surface area contributed by atoms with Crippen molar-refractivity contribution in [3.63, 3.8) is 0 Å². The van der Waals surface area contributed by atoms with E-state index in [-0.39, 0.29) is 5.78 Å². The molecule has 2 nitrogen and oxygen atoms in total. The van der Waals surface area contributed by atoms with E-state index in [1.807, 2.05) is 19.1 Å². The lowest BCUT2D eigenvalue weighted by Gasteiger charge is -2.22. The molecule has 1 aromatic rings. The van der Waals surface area contributed by atoms with Crippen LogP contribution in [0, 0.1) is 0 Å². The van der Waals surface area contributed by atoms with Crippen LogP contribution >= 0.6 is 0 Å². The highest BCUT2D eigenvalue weighted by molar-refractivity contribution is 6.09. The molecule has 108 valence electrons. The number of Topliss-reactive ketones (excluding diaryl/α,β-unsaturated/α-hetero) is 1. The second kappa shape index (κ2) is 6.74. The van der Waals surface area contributed by atoms with Gasteiger partial charge in [0, 0.05) is 5.56 Å². The van der Waals surface area contributed by atoms with E-state index in [2.05, 4.69) is 13.5 Å². The number of rotatable bonds is 6. The van der Waals surface area contributed by atoms with Crippen LogP contribution in [0.4, 0.5) is 0 Å². The van der Waals surface area contributed by atoms with Crippen molar-refractivity contribution in [2.45, 2.75) is 52.4 Å². The minimum absolute atomic E-state index is 0.104. The molecule has 0 amide bonds. The summed E-state index contributed by atoms with van der Waals surface area (Å²) in [5, 5.41) is 0. The maximum Gasteiger partial charge on any atom is 0.188 e. The molecule has 1 aliphatic carbocycles. The summed E-state index contributed by atoms with van der Waals surface area (Å²) in [4.78, 5) is 12.4. The predicted octanol–water partition coefficient (Wildman–Crippen LogP) is 4.50. The number of ketones is 1. The fourth-order valence-electron chi connectivity index (χ4n) is 2.75. The number of fused-ring (bicyclic) bond motifs is 1. The van der Waals surface area contributed by atoms with Crippen LogP contribution in [0.15, 0.2) is 24.3 Å². The molecule has 0 N–H and O–H groups in total. The first-order valence-electron chi connectivity index (χ1n) is 7.69. The number of hydrogen-bond donors (Lipinski definition) is 0. The highest BCUT2D eigenvalue weighted by Crippen LogP contribution is 2.33. The van der Waals surface area contributed by atoms with Crippen molar-refractivity contribution in [2.75, 3.05) is 6.61 Å². The Morgan fingerprint density at radius 3 is 2.55 bits per heavy atom. The summed E-state index contributed by atoms with van der Waals surface area (Å²) in [6.45, 7) is 8.71. The van der Waals surface area contributed by atoms with E-state index in [1.165, 1.54) is 17.5 Å². The van der Waals surface area contributed by atoms with Crippen molar-refractivity contribution >= 4 is 5.78 Å². The maximum atomic E-state index is 12.4. The summed E-state index contributed by atoms with van der Waals surface area (Å²) in [5.41, 5.74) is 3.99. The molecule has 0 spiro atoms. The maximum absolute atomic E-state index is 12.4. The Labute approximate surface area is 121 Å². The first kappa shape index (κ1) is 14.8. The average molecular weight is 272 g/mol. The summed E-state index contributed by atoms with van der Waals surface area (Å²) in [5.74, 6) is 1.08. The summed E-state index contributed by atoms with van der Waals surface area (Å²) in [7, 11) is 0. The monoisotopic (exact) mass is 272 g/mol. The Kier molecular flexibility index (Phi) is 4.99. The molecular formula is C18H24O2. The summed E-state index contributed by atoms with van der Waals surface area (Å²) < 4.78 is 5.84. The smallest absolute Gasteiger partial charge is 0.188 e. The van der Waals surface area contributed by atoms with Gasteiger partial charge in [0.15, 0.2) is 5.78 Å². The molecule has 1 aromatic carbocycles. The third-order valence-electron chi connectivity index (χ3n) is 3.95. The fourth-order valence-corrected chi connectivity index (χ4v) is 2.75. The molecular weight excluding hydrogens is 248 g/mol. The fraction of sp³-hybridized carbons (Fsp3) is 0.500. The summed E-state index contributed by atoms with van der Waals surface area (Å²) in [6, 6.07) is 3.90. The molecule has 0 saturated carbocycles. The molecule has 20 heavy (non-hydrogen) atoms. The molecule has 2 rings (SSSR count). The van der Waals surface area contributed by atoms with Crippen LogP contribution in [0.2, 0.25) is 0 Å². The van der Waals surface area contributed by atoms with E-state index in [0.29, 0.717) is 12.0 Å². The molecule has 0 bridgehead atoms. The van der Waals surface area contributed by atoms with E-state index in [4.69, 9.17) is 4.74 Å². The van der Waals surface area contributed by atoms with Gasteiger partial charge in [-0.15, -0.1) is 0 Å². The zero-order valence-corrected chi connectivity index (χ0v) is 12.6. The molecule has 0 radical (unpaired) electrons. The lowest BCUT2D eigenvalue weighted by atomic mass is 9.85. The van der Waals surface area contributed by atoms with E-state index < -0.39 is 0 Å². The predicted molar refractivity (Wildman–Crippen MR) is 82.6 cm³/mol. The zero-order valence-electron chi connectivity index (χ0n) is 12.6. The van der Waals surface area contributed by atoms with Crippen molar-refractivity contribution in [3.8, 4) is 5.75 Å². The minimum atomic E-state index is 0.104. The molecule has 2 heteroatoms. The number of hydrogen-bond acceptors (Lipinski definition) is 2. The minimum Gasteiger partial charge on any atom is -0.493 e. The van der Waals surface area contributed by atoms with Gasteiger partial charge in [0.2, 0.25) is 0 Å². The zero-order chi connectivity index (χ0) is 14.5. The van der Waals surface area contributed by atoms with Crippen molar-refractivity contribution in [3.05, 3.63) is 41.0 Å². The van der Waals surface area contributed by atoms with E-state index >= 15 is 0 Å². The molecule has 0 unspecified atom stereocenters. The third-order valence-corrected chi connectivity index (χ3v) is 3.95. The number of ether oxygens (including phenoxy) is 1. The van der Waals surface area contributed by atoms with Gasteiger partial charge in [0.05, 0.1) is 6.61 Å². The van der Waals surface area contributed by atoms with Gasteiger partial charge in [0.25, 0.3) is 0 Å². The lowest BCUT2D eigenvalue weighted by Crippen LogP contribution is -2.13. The van der Waals surface area contributed by atoms with Crippen LogP contribution in [-0.4, -0.2) is 12.4 Å². The average Bonchev–Trinajstić information content (AvgIpc) is 2.51. The van der Waals surface area contributed by atoms with Gasteiger partial charge in [-0.1, -0.05) is 20.4 Å². The van der Waals surface area contributed by atoms with Crippen LogP contribution < -0.4 is 4.74 Å². The Hall–Kier alpha value is -1.57. The highest BCUT2D eigenvalue weighted by Gasteiger charge is 2.22. The SMILES string of the molecule is C=C(CC)C(=O)c1ccc(OCCC)c2c1CCCC2. The molecule has 0 fully saturated rings. The third kappa shape index (κ3) is 2.95. The lowest BCUT2D eigenvalue weighted by molar-refractivity contribution is 0.103. The van der Waals surface area contributed by atoms with Crippen LogP contribution in [0.5, 0.6) is 5.75 Å². The van der Waals surface area contributed by atoms with Crippen molar-refractivity contribution in [2.24, 2.45) is 0 Å². The van der Waals surface area contributed by atoms with Crippen molar-refractivity contribution in [1.29, 1.82) is 0 Å². The number of benzene rings is 1. The second-order valence-corrected chi connectivity index (χ2v) is 5.41. The van der Waals surface area contributed by atoms with Crippen LogP contribution in [0.25, 0.3) is 0 Å².